The highest BCUT2D eigenvalue weighted by Gasteiger charge is 2.32. The standard InChI is InChI=1S/C10H13F3N2O/c1-9(2,3)6-16-8-5-4-7(14-15-8)10(11,12)13/h4-5H,6H2,1-3H3. The van der Waals surface area contributed by atoms with Crippen molar-refractivity contribution in [3.63, 3.8) is 0 Å². The highest BCUT2D eigenvalue weighted by atomic mass is 19.4. The van der Waals surface area contributed by atoms with Crippen molar-refractivity contribution in [2.45, 2.75) is 26.9 Å². The Kier molecular flexibility index (Phi) is 3.40. The van der Waals surface area contributed by atoms with E-state index in [4.69, 9.17) is 4.74 Å². The average molecular weight is 234 g/mol. The molecule has 0 aliphatic carbocycles. The van der Waals surface area contributed by atoms with Crippen LogP contribution < -0.4 is 4.74 Å². The van der Waals surface area contributed by atoms with Crippen LogP contribution in [0.1, 0.15) is 26.5 Å². The van der Waals surface area contributed by atoms with Crippen molar-refractivity contribution in [3.8, 4) is 5.88 Å². The van der Waals surface area contributed by atoms with Crippen LogP contribution in [-0.4, -0.2) is 16.8 Å². The molecule has 0 spiro atoms. The number of rotatable bonds is 2. The Balaban J connectivity index is 2.66. The van der Waals surface area contributed by atoms with Crippen molar-refractivity contribution in [1.29, 1.82) is 0 Å². The van der Waals surface area contributed by atoms with Crippen LogP contribution in [-0.2, 0) is 6.18 Å². The van der Waals surface area contributed by atoms with E-state index in [9.17, 15) is 13.2 Å². The molecule has 0 aromatic carbocycles. The summed E-state index contributed by atoms with van der Waals surface area (Å²) in [6.45, 7) is 6.21. The molecular formula is C10H13F3N2O. The Morgan fingerprint density at radius 2 is 1.75 bits per heavy atom. The third-order valence-corrected chi connectivity index (χ3v) is 1.58. The van der Waals surface area contributed by atoms with Crippen molar-refractivity contribution in [2.24, 2.45) is 5.41 Å². The fourth-order valence-corrected chi connectivity index (χ4v) is 0.839. The second-order valence-corrected chi connectivity index (χ2v) is 4.60. The predicted octanol–water partition coefficient (Wildman–Crippen LogP) is 2.92. The molecule has 90 valence electrons. The van der Waals surface area contributed by atoms with Gasteiger partial charge in [-0.25, -0.2) is 0 Å². The van der Waals surface area contributed by atoms with Gasteiger partial charge in [0.1, 0.15) is 0 Å². The molecule has 0 fully saturated rings. The molecule has 1 aromatic rings. The highest BCUT2D eigenvalue weighted by molar-refractivity contribution is 5.13. The molecule has 1 rings (SSSR count). The van der Waals surface area contributed by atoms with Gasteiger partial charge in [-0.2, -0.15) is 13.2 Å². The van der Waals surface area contributed by atoms with Crippen LogP contribution in [0, 0.1) is 5.41 Å². The van der Waals surface area contributed by atoms with Crippen molar-refractivity contribution >= 4 is 0 Å². The largest absolute Gasteiger partial charge is 0.476 e. The third-order valence-electron chi connectivity index (χ3n) is 1.58. The summed E-state index contributed by atoms with van der Waals surface area (Å²) in [5, 5.41) is 6.41. The number of aromatic nitrogens is 2. The number of hydrogen-bond acceptors (Lipinski definition) is 3. The molecule has 3 nitrogen and oxygen atoms in total. The lowest BCUT2D eigenvalue weighted by atomic mass is 9.99. The van der Waals surface area contributed by atoms with E-state index >= 15 is 0 Å². The number of alkyl halides is 3. The molecular weight excluding hydrogens is 221 g/mol. The minimum absolute atomic E-state index is 0.0790. The lowest BCUT2D eigenvalue weighted by molar-refractivity contribution is -0.141. The van der Waals surface area contributed by atoms with Gasteiger partial charge in [-0.3, -0.25) is 0 Å². The summed E-state index contributed by atoms with van der Waals surface area (Å²) in [5.41, 5.74) is -1.10. The molecule has 0 bridgehead atoms. The topological polar surface area (TPSA) is 35.0 Å². The molecule has 16 heavy (non-hydrogen) atoms. The first-order valence-electron chi connectivity index (χ1n) is 4.72. The minimum Gasteiger partial charge on any atom is -0.476 e. The lowest BCUT2D eigenvalue weighted by Gasteiger charge is -2.17. The number of halogens is 3. The van der Waals surface area contributed by atoms with E-state index < -0.39 is 11.9 Å². The van der Waals surface area contributed by atoms with Crippen molar-refractivity contribution < 1.29 is 17.9 Å². The number of ether oxygens (including phenoxy) is 1. The fourth-order valence-electron chi connectivity index (χ4n) is 0.839. The quantitative estimate of drug-likeness (QED) is 0.789. The van der Waals surface area contributed by atoms with Gasteiger partial charge in [-0.1, -0.05) is 20.8 Å². The Hall–Kier alpha value is -1.33. The second-order valence-electron chi connectivity index (χ2n) is 4.60. The van der Waals surface area contributed by atoms with Crippen LogP contribution in [0.4, 0.5) is 13.2 Å². The summed E-state index contributed by atoms with van der Waals surface area (Å²) in [6.07, 6.45) is -4.46. The molecule has 0 saturated heterocycles. The van der Waals surface area contributed by atoms with E-state index in [2.05, 4.69) is 10.2 Å². The molecule has 0 atom stereocenters. The summed E-state index contributed by atoms with van der Waals surface area (Å²) in [7, 11) is 0. The van der Waals surface area contributed by atoms with E-state index in [-0.39, 0.29) is 11.3 Å². The molecule has 0 saturated carbocycles. The lowest BCUT2D eigenvalue weighted by Crippen LogP contribution is -2.18. The van der Waals surface area contributed by atoms with Gasteiger partial charge in [0.2, 0.25) is 5.88 Å². The highest BCUT2D eigenvalue weighted by Crippen LogP contribution is 2.27. The normalized spacial score (nSPS) is 12.6. The molecule has 0 radical (unpaired) electrons. The van der Waals surface area contributed by atoms with Gasteiger partial charge in [0.05, 0.1) is 6.61 Å². The molecule has 0 N–H and O–H groups in total. The Labute approximate surface area is 91.6 Å². The maximum Gasteiger partial charge on any atom is 0.435 e. The summed E-state index contributed by atoms with van der Waals surface area (Å²) >= 11 is 0. The SMILES string of the molecule is CC(C)(C)COc1ccc(C(F)(F)F)nn1. The summed E-state index contributed by atoms with van der Waals surface area (Å²) < 4.78 is 41.7. The Morgan fingerprint density at radius 3 is 2.12 bits per heavy atom. The smallest absolute Gasteiger partial charge is 0.435 e. The van der Waals surface area contributed by atoms with Gasteiger partial charge in [0, 0.05) is 6.07 Å². The Bertz CT molecular complexity index is 341. The summed E-state index contributed by atoms with van der Waals surface area (Å²) in [4.78, 5) is 0. The zero-order valence-corrected chi connectivity index (χ0v) is 9.30. The summed E-state index contributed by atoms with van der Waals surface area (Å²) in [6, 6.07) is 2.02. The molecule has 1 aromatic heterocycles. The van der Waals surface area contributed by atoms with Crippen LogP contribution >= 0.6 is 0 Å². The van der Waals surface area contributed by atoms with Crippen molar-refractivity contribution in [2.75, 3.05) is 6.61 Å². The van der Waals surface area contributed by atoms with E-state index in [0.29, 0.717) is 6.61 Å². The van der Waals surface area contributed by atoms with E-state index in [1.165, 1.54) is 6.07 Å². The van der Waals surface area contributed by atoms with Gasteiger partial charge in [-0.15, -0.1) is 10.2 Å². The van der Waals surface area contributed by atoms with E-state index in [1.54, 1.807) is 0 Å². The number of hydrogen-bond donors (Lipinski definition) is 0. The zero-order chi connectivity index (χ0) is 12.4. The molecule has 0 unspecified atom stereocenters. The maximum absolute atomic E-state index is 12.2. The maximum atomic E-state index is 12.2. The van der Waals surface area contributed by atoms with Crippen LogP contribution in [0.3, 0.4) is 0 Å². The first kappa shape index (κ1) is 12.7. The van der Waals surface area contributed by atoms with E-state index in [0.717, 1.165) is 6.07 Å². The molecule has 6 heteroatoms. The Morgan fingerprint density at radius 1 is 1.12 bits per heavy atom. The number of nitrogens with zero attached hydrogens (tertiary/aromatic N) is 2. The zero-order valence-electron chi connectivity index (χ0n) is 9.30. The second kappa shape index (κ2) is 4.27. The molecule has 0 aliphatic rings. The third kappa shape index (κ3) is 4.04. The predicted molar refractivity (Wildman–Crippen MR) is 52.0 cm³/mol. The van der Waals surface area contributed by atoms with E-state index in [1.807, 2.05) is 20.8 Å². The monoisotopic (exact) mass is 234 g/mol. The minimum atomic E-state index is -4.46. The molecule has 0 amide bonds. The fraction of sp³-hybridized carbons (Fsp3) is 0.600. The van der Waals surface area contributed by atoms with Crippen LogP contribution in [0.25, 0.3) is 0 Å². The van der Waals surface area contributed by atoms with Crippen LogP contribution in [0.2, 0.25) is 0 Å². The first-order chi connectivity index (χ1) is 7.18. The molecule has 1 heterocycles. The average Bonchev–Trinajstić information content (AvgIpc) is 2.13. The van der Waals surface area contributed by atoms with Crippen molar-refractivity contribution in [3.05, 3.63) is 17.8 Å². The van der Waals surface area contributed by atoms with Gasteiger partial charge < -0.3 is 4.74 Å². The van der Waals surface area contributed by atoms with Gasteiger partial charge in [0.25, 0.3) is 0 Å². The van der Waals surface area contributed by atoms with Crippen LogP contribution in [0.15, 0.2) is 12.1 Å². The van der Waals surface area contributed by atoms with Gasteiger partial charge in [0.15, 0.2) is 5.69 Å². The summed E-state index contributed by atoms with van der Waals surface area (Å²) in [5.74, 6) is 0.0999. The van der Waals surface area contributed by atoms with Crippen LogP contribution in [0.5, 0.6) is 5.88 Å². The molecule has 0 aliphatic heterocycles. The van der Waals surface area contributed by atoms with Crippen molar-refractivity contribution in [1.82, 2.24) is 10.2 Å². The van der Waals surface area contributed by atoms with Gasteiger partial charge >= 0.3 is 6.18 Å². The van der Waals surface area contributed by atoms with Gasteiger partial charge in [-0.05, 0) is 11.5 Å². The first-order valence-corrected chi connectivity index (χ1v) is 4.72.